The molecule has 2 atom stereocenters. The highest BCUT2D eigenvalue weighted by atomic mass is 14.9. The second-order valence-electron chi connectivity index (χ2n) is 5.02. The maximum atomic E-state index is 6.09. The normalized spacial score (nSPS) is 23.8. The van der Waals surface area contributed by atoms with Gasteiger partial charge in [-0.15, -0.1) is 0 Å². The van der Waals surface area contributed by atoms with Gasteiger partial charge in [0, 0.05) is 5.92 Å². The Morgan fingerprint density at radius 1 is 1.27 bits per heavy atom. The zero-order chi connectivity index (χ0) is 11.3. The molecule has 0 aromatic carbocycles. The molecule has 0 aromatic heterocycles. The molecule has 0 heterocycles. The summed E-state index contributed by atoms with van der Waals surface area (Å²) in [6.07, 6.45) is 7.73. The molecule has 2 unspecified atom stereocenters. The zero-order valence-corrected chi connectivity index (χ0v) is 10.5. The Hall–Kier alpha value is -0.530. The number of nitrogens with zero attached hydrogens (tertiary/aromatic N) is 1. The standard InChI is InChI=1S/C13H26N2/c1-4-10(2)11(3)15-13(14)12-8-6-5-7-9-12/h10-12H,4-9H2,1-3H3,(H2,14,15). The van der Waals surface area contributed by atoms with Crippen LogP contribution in [0.3, 0.4) is 0 Å². The Labute approximate surface area is 94.3 Å². The molecular formula is C13H26N2. The average Bonchev–Trinajstić information content (AvgIpc) is 2.29. The first-order chi connectivity index (χ1) is 7.15. The number of hydrogen-bond donors (Lipinski definition) is 1. The molecule has 1 aliphatic rings. The fourth-order valence-corrected chi connectivity index (χ4v) is 2.21. The van der Waals surface area contributed by atoms with E-state index in [1.165, 1.54) is 38.5 Å². The molecule has 2 N–H and O–H groups in total. The van der Waals surface area contributed by atoms with E-state index in [0.29, 0.717) is 17.9 Å². The van der Waals surface area contributed by atoms with Gasteiger partial charge in [0.1, 0.15) is 0 Å². The van der Waals surface area contributed by atoms with Crippen molar-refractivity contribution in [3.05, 3.63) is 0 Å². The summed E-state index contributed by atoms with van der Waals surface area (Å²) in [6, 6.07) is 0.386. The Kier molecular flexibility index (Phi) is 5.13. The van der Waals surface area contributed by atoms with Crippen LogP contribution in [-0.4, -0.2) is 11.9 Å². The first-order valence-electron chi connectivity index (χ1n) is 6.48. The molecule has 88 valence electrons. The van der Waals surface area contributed by atoms with Crippen LogP contribution in [0, 0.1) is 11.8 Å². The summed E-state index contributed by atoms with van der Waals surface area (Å²) in [5, 5.41) is 0. The summed E-state index contributed by atoms with van der Waals surface area (Å²) in [6.45, 7) is 6.65. The average molecular weight is 210 g/mol. The molecular weight excluding hydrogens is 184 g/mol. The summed E-state index contributed by atoms with van der Waals surface area (Å²) in [5.74, 6) is 2.14. The highest BCUT2D eigenvalue weighted by Crippen LogP contribution is 2.24. The van der Waals surface area contributed by atoms with Crippen LogP contribution in [0.25, 0.3) is 0 Å². The third kappa shape index (κ3) is 3.84. The number of hydrogen-bond acceptors (Lipinski definition) is 1. The van der Waals surface area contributed by atoms with Gasteiger partial charge in [0.15, 0.2) is 0 Å². The molecule has 2 heteroatoms. The lowest BCUT2D eigenvalue weighted by atomic mass is 9.88. The Morgan fingerprint density at radius 2 is 1.87 bits per heavy atom. The molecule has 0 aliphatic heterocycles. The number of rotatable bonds is 4. The molecule has 1 saturated carbocycles. The number of amidine groups is 1. The topological polar surface area (TPSA) is 38.4 Å². The lowest BCUT2D eigenvalue weighted by molar-refractivity contribution is 0.427. The molecule has 2 nitrogen and oxygen atoms in total. The van der Waals surface area contributed by atoms with Gasteiger partial charge in [0.05, 0.1) is 11.9 Å². The van der Waals surface area contributed by atoms with Gasteiger partial charge in [-0.05, 0) is 25.7 Å². The summed E-state index contributed by atoms with van der Waals surface area (Å²) in [4.78, 5) is 4.67. The van der Waals surface area contributed by atoms with Crippen molar-refractivity contribution in [1.82, 2.24) is 0 Å². The smallest absolute Gasteiger partial charge is 0.0971 e. The quantitative estimate of drug-likeness (QED) is 0.561. The largest absolute Gasteiger partial charge is 0.387 e. The van der Waals surface area contributed by atoms with E-state index < -0.39 is 0 Å². The SMILES string of the molecule is CCC(C)C(C)N=C(N)C1CCCCC1. The molecule has 1 rings (SSSR count). The molecule has 0 amide bonds. The Morgan fingerprint density at radius 3 is 2.40 bits per heavy atom. The van der Waals surface area contributed by atoms with Gasteiger partial charge < -0.3 is 5.73 Å². The second kappa shape index (κ2) is 6.14. The minimum Gasteiger partial charge on any atom is -0.387 e. The van der Waals surface area contributed by atoms with Crippen LogP contribution in [0.5, 0.6) is 0 Å². The Bertz CT molecular complexity index is 205. The first-order valence-corrected chi connectivity index (χ1v) is 6.48. The minimum absolute atomic E-state index is 0.386. The van der Waals surface area contributed by atoms with Crippen LogP contribution in [0.2, 0.25) is 0 Å². The fourth-order valence-electron chi connectivity index (χ4n) is 2.21. The van der Waals surface area contributed by atoms with E-state index in [-0.39, 0.29) is 0 Å². The van der Waals surface area contributed by atoms with Crippen molar-refractivity contribution in [3.63, 3.8) is 0 Å². The second-order valence-corrected chi connectivity index (χ2v) is 5.02. The minimum atomic E-state index is 0.386. The van der Waals surface area contributed by atoms with E-state index in [0.717, 1.165) is 5.84 Å². The maximum absolute atomic E-state index is 6.09. The van der Waals surface area contributed by atoms with Crippen LogP contribution < -0.4 is 5.73 Å². The van der Waals surface area contributed by atoms with Gasteiger partial charge in [0.2, 0.25) is 0 Å². The van der Waals surface area contributed by atoms with Crippen LogP contribution >= 0.6 is 0 Å². The lowest BCUT2D eigenvalue weighted by Gasteiger charge is -2.23. The summed E-state index contributed by atoms with van der Waals surface area (Å²) >= 11 is 0. The summed E-state index contributed by atoms with van der Waals surface area (Å²) in [5.41, 5.74) is 6.09. The molecule has 0 spiro atoms. The highest BCUT2D eigenvalue weighted by Gasteiger charge is 2.18. The van der Waals surface area contributed by atoms with Gasteiger partial charge in [-0.2, -0.15) is 0 Å². The fraction of sp³-hybridized carbons (Fsp3) is 0.923. The van der Waals surface area contributed by atoms with Crippen LogP contribution in [0.1, 0.15) is 59.3 Å². The zero-order valence-electron chi connectivity index (χ0n) is 10.5. The Balaban J connectivity index is 2.49. The van der Waals surface area contributed by atoms with Crippen LogP contribution in [-0.2, 0) is 0 Å². The molecule has 0 aromatic rings. The molecule has 0 bridgehead atoms. The van der Waals surface area contributed by atoms with Gasteiger partial charge in [-0.3, -0.25) is 4.99 Å². The van der Waals surface area contributed by atoms with Crippen LogP contribution in [0.4, 0.5) is 0 Å². The van der Waals surface area contributed by atoms with Gasteiger partial charge in [0.25, 0.3) is 0 Å². The maximum Gasteiger partial charge on any atom is 0.0971 e. The van der Waals surface area contributed by atoms with Crippen molar-refractivity contribution in [2.75, 3.05) is 0 Å². The van der Waals surface area contributed by atoms with E-state index in [9.17, 15) is 0 Å². The van der Waals surface area contributed by atoms with E-state index in [1.807, 2.05) is 0 Å². The van der Waals surface area contributed by atoms with Crippen molar-refractivity contribution in [3.8, 4) is 0 Å². The van der Waals surface area contributed by atoms with E-state index in [1.54, 1.807) is 0 Å². The third-order valence-electron chi connectivity index (χ3n) is 3.84. The van der Waals surface area contributed by atoms with Crippen LogP contribution in [0.15, 0.2) is 4.99 Å². The predicted molar refractivity (Wildman–Crippen MR) is 67.1 cm³/mol. The van der Waals surface area contributed by atoms with E-state index in [2.05, 4.69) is 25.8 Å². The molecule has 0 saturated heterocycles. The van der Waals surface area contributed by atoms with Crippen molar-refractivity contribution < 1.29 is 0 Å². The van der Waals surface area contributed by atoms with E-state index >= 15 is 0 Å². The number of nitrogens with two attached hydrogens (primary N) is 1. The third-order valence-corrected chi connectivity index (χ3v) is 3.84. The highest BCUT2D eigenvalue weighted by molar-refractivity contribution is 5.83. The molecule has 0 radical (unpaired) electrons. The van der Waals surface area contributed by atoms with Crippen molar-refractivity contribution in [2.24, 2.45) is 22.6 Å². The van der Waals surface area contributed by atoms with Crippen molar-refractivity contribution in [1.29, 1.82) is 0 Å². The molecule has 1 aliphatic carbocycles. The van der Waals surface area contributed by atoms with Gasteiger partial charge in [-0.1, -0.05) is 39.5 Å². The number of aliphatic imine (C=N–C) groups is 1. The first kappa shape index (κ1) is 12.5. The van der Waals surface area contributed by atoms with Gasteiger partial charge in [-0.25, -0.2) is 0 Å². The van der Waals surface area contributed by atoms with Crippen molar-refractivity contribution in [2.45, 2.75) is 65.3 Å². The molecule has 1 fully saturated rings. The lowest BCUT2D eigenvalue weighted by Crippen LogP contribution is -2.28. The monoisotopic (exact) mass is 210 g/mol. The van der Waals surface area contributed by atoms with Gasteiger partial charge >= 0.3 is 0 Å². The predicted octanol–water partition coefficient (Wildman–Crippen LogP) is 3.36. The van der Waals surface area contributed by atoms with Crippen molar-refractivity contribution >= 4 is 5.84 Å². The van der Waals surface area contributed by atoms with E-state index in [4.69, 9.17) is 5.73 Å². The molecule has 15 heavy (non-hydrogen) atoms. The summed E-state index contributed by atoms with van der Waals surface area (Å²) < 4.78 is 0. The summed E-state index contributed by atoms with van der Waals surface area (Å²) in [7, 11) is 0.